The zero-order chi connectivity index (χ0) is 19.3. The topological polar surface area (TPSA) is 49.6 Å². The molecule has 2 aromatic rings. The van der Waals surface area contributed by atoms with Gasteiger partial charge in [-0.15, -0.1) is 0 Å². The summed E-state index contributed by atoms with van der Waals surface area (Å²) in [6.07, 6.45) is 6.91. The maximum atomic E-state index is 13.2. The predicted molar refractivity (Wildman–Crippen MR) is 116 cm³/mol. The van der Waals surface area contributed by atoms with Crippen LogP contribution >= 0.6 is 0 Å². The summed E-state index contributed by atoms with van der Waals surface area (Å²) in [6, 6.07) is 16.6. The molecule has 2 N–H and O–H groups in total. The van der Waals surface area contributed by atoms with Gasteiger partial charge in [-0.25, -0.2) is 0 Å². The Labute approximate surface area is 168 Å². The largest absolute Gasteiger partial charge is 0.399 e. The zero-order valence-corrected chi connectivity index (χ0v) is 16.6. The van der Waals surface area contributed by atoms with Gasteiger partial charge in [-0.05, 0) is 68.2 Å². The molecule has 2 aromatic carbocycles. The number of benzene rings is 2. The van der Waals surface area contributed by atoms with Gasteiger partial charge in [0.15, 0.2) is 0 Å². The molecule has 0 atom stereocenters. The van der Waals surface area contributed by atoms with Gasteiger partial charge in [-0.2, -0.15) is 0 Å². The number of likely N-dealkylation sites (tertiary alicyclic amines) is 1. The Hall–Kier alpha value is -2.49. The lowest BCUT2D eigenvalue weighted by Gasteiger charge is -2.36. The van der Waals surface area contributed by atoms with Gasteiger partial charge in [0.1, 0.15) is 0 Å². The Morgan fingerprint density at radius 1 is 0.929 bits per heavy atom. The highest BCUT2D eigenvalue weighted by molar-refractivity contribution is 6.00. The number of carbonyl (C=O) groups is 1. The number of hydrogen-bond donors (Lipinski definition) is 1. The van der Waals surface area contributed by atoms with Crippen LogP contribution in [0.15, 0.2) is 48.5 Å². The van der Waals surface area contributed by atoms with E-state index in [1.807, 2.05) is 23.1 Å². The molecule has 2 fully saturated rings. The number of anilines is 2. The highest BCUT2D eigenvalue weighted by Crippen LogP contribution is 2.30. The zero-order valence-electron chi connectivity index (χ0n) is 16.6. The fourth-order valence-electron chi connectivity index (χ4n) is 4.59. The quantitative estimate of drug-likeness (QED) is 0.806. The van der Waals surface area contributed by atoms with Crippen LogP contribution in [0.5, 0.6) is 0 Å². The van der Waals surface area contributed by atoms with E-state index in [0.29, 0.717) is 11.6 Å². The van der Waals surface area contributed by atoms with Crippen molar-refractivity contribution in [2.24, 2.45) is 5.92 Å². The molecule has 0 spiro atoms. The first-order chi connectivity index (χ1) is 13.7. The van der Waals surface area contributed by atoms with Gasteiger partial charge in [-0.1, -0.05) is 30.3 Å². The lowest BCUT2D eigenvalue weighted by Crippen LogP contribution is -2.39. The van der Waals surface area contributed by atoms with Crippen molar-refractivity contribution >= 4 is 17.3 Å². The number of nitrogen functional groups attached to an aromatic ring is 1. The standard InChI is InChI=1S/C24H31N3O/c25-21-9-10-23(22(18-21)24(28)27-13-5-2-6-14-27)26-15-11-20(12-16-26)17-19-7-3-1-4-8-19/h1,3-4,7-10,18,20H,2,5-6,11-17,25H2. The summed E-state index contributed by atoms with van der Waals surface area (Å²) in [4.78, 5) is 17.6. The SMILES string of the molecule is Nc1ccc(N2CCC(Cc3ccccc3)CC2)c(C(=O)N2CCCCC2)c1. The van der Waals surface area contributed by atoms with Gasteiger partial charge >= 0.3 is 0 Å². The number of nitrogens with zero attached hydrogens (tertiary/aromatic N) is 2. The smallest absolute Gasteiger partial charge is 0.256 e. The molecule has 2 heterocycles. The first-order valence-corrected chi connectivity index (χ1v) is 10.7. The van der Waals surface area contributed by atoms with E-state index in [2.05, 4.69) is 35.2 Å². The fraction of sp³-hybridized carbons (Fsp3) is 0.458. The maximum Gasteiger partial charge on any atom is 0.256 e. The molecule has 28 heavy (non-hydrogen) atoms. The van der Waals surface area contributed by atoms with Crippen molar-refractivity contribution in [3.05, 3.63) is 59.7 Å². The van der Waals surface area contributed by atoms with Crippen LogP contribution in [0.3, 0.4) is 0 Å². The van der Waals surface area contributed by atoms with Crippen molar-refractivity contribution in [3.8, 4) is 0 Å². The summed E-state index contributed by atoms with van der Waals surface area (Å²) in [6.45, 7) is 3.74. The maximum absolute atomic E-state index is 13.2. The molecule has 0 aliphatic carbocycles. The minimum absolute atomic E-state index is 0.147. The monoisotopic (exact) mass is 377 g/mol. The van der Waals surface area contributed by atoms with Gasteiger partial charge in [0.05, 0.1) is 5.56 Å². The van der Waals surface area contributed by atoms with Crippen LogP contribution in [-0.2, 0) is 6.42 Å². The molecule has 0 bridgehead atoms. The van der Waals surface area contributed by atoms with Gasteiger partial charge < -0.3 is 15.5 Å². The summed E-state index contributed by atoms with van der Waals surface area (Å²) in [5, 5.41) is 0. The summed E-state index contributed by atoms with van der Waals surface area (Å²) in [5.74, 6) is 0.863. The van der Waals surface area contributed by atoms with E-state index in [-0.39, 0.29) is 5.91 Å². The third kappa shape index (κ3) is 4.32. The molecule has 4 heteroatoms. The Bertz CT molecular complexity index is 791. The van der Waals surface area contributed by atoms with Crippen LogP contribution in [0, 0.1) is 5.92 Å². The van der Waals surface area contributed by atoms with Crippen molar-refractivity contribution < 1.29 is 4.79 Å². The normalized spacial score (nSPS) is 18.3. The average molecular weight is 378 g/mol. The van der Waals surface area contributed by atoms with Crippen molar-refractivity contribution in [1.29, 1.82) is 0 Å². The van der Waals surface area contributed by atoms with Crippen LogP contribution < -0.4 is 10.6 Å². The van der Waals surface area contributed by atoms with E-state index < -0.39 is 0 Å². The molecule has 0 radical (unpaired) electrons. The van der Waals surface area contributed by atoms with Gasteiger partial charge in [-0.3, -0.25) is 4.79 Å². The van der Waals surface area contributed by atoms with Crippen LogP contribution in [-0.4, -0.2) is 37.0 Å². The lowest BCUT2D eigenvalue weighted by atomic mass is 9.89. The second-order valence-corrected chi connectivity index (χ2v) is 8.25. The summed E-state index contributed by atoms with van der Waals surface area (Å²) in [7, 11) is 0. The molecular formula is C24H31N3O. The number of rotatable bonds is 4. The highest BCUT2D eigenvalue weighted by Gasteiger charge is 2.26. The molecule has 148 valence electrons. The number of hydrogen-bond acceptors (Lipinski definition) is 3. The Balaban J connectivity index is 1.45. The number of nitrogens with two attached hydrogens (primary N) is 1. The molecule has 2 saturated heterocycles. The number of piperidine rings is 2. The molecule has 2 aliphatic heterocycles. The molecule has 0 unspecified atom stereocenters. The fourth-order valence-corrected chi connectivity index (χ4v) is 4.59. The third-order valence-electron chi connectivity index (χ3n) is 6.22. The Kier molecular flexibility index (Phi) is 5.84. The van der Waals surface area contributed by atoms with Crippen molar-refractivity contribution in [3.63, 3.8) is 0 Å². The van der Waals surface area contributed by atoms with E-state index in [1.54, 1.807) is 0 Å². The number of carbonyl (C=O) groups excluding carboxylic acids is 1. The van der Waals surface area contributed by atoms with Crippen molar-refractivity contribution in [2.75, 3.05) is 36.8 Å². The van der Waals surface area contributed by atoms with Gasteiger partial charge in [0.25, 0.3) is 5.91 Å². The second kappa shape index (κ2) is 8.68. The van der Waals surface area contributed by atoms with E-state index in [1.165, 1.54) is 12.0 Å². The third-order valence-corrected chi connectivity index (χ3v) is 6.22. The van der Waals surface area contributed by atoms with Crippen molar-refractivity contribution in [1.82, 2.24) is 4.90 Å². The number of amides is 1. The van der Waals surface area contributed by atoms with E-state index in [9.17, 15) is 4.79 Å². The molecule has 1 amide bonds. The summed E-state index contributed by atoms with van der Waals surface area (Å²) >= 11 is 0. The summed E-state index contributed by atoms with van der Waals surface area (Å²) in [5.41, 5.74) is 9.98. The van der Waals surface area contributed by atoms with Crippen LogP contribution in [0.4, 0.5) is 11.4 Å². The Morgan fingerprint density at radius 2 is 1.64 bits per heavy atom. The minimum Gasteiger partial charge on any atom is -0.399 e. The molecule has 4 rings (SSSR count). The van der Waals surface area contributed by atoms with Crippen molar-refractivity contribution in [2.45, 2.75) is 38.5 Å². The molecule has 4 nitrogen and oxygen atoms in total. The van der Waals surface area contributed by atoms with Crippen LogP contribution in [0.25, 0.3) is 0 Å². The van der Waals surface area contributed by atoms with E-state index in [0.717, 1.165) is 69.5 Å². The molecular weight excluding hydrogens is 346 g/mol. The van der Waals surface area contributed by atoms with Crippen LogP contribution in [0.1, 0.15) is 48.0 Å². The average Bonchev–Trinajstić information content (AvgIpc) is 2.75. The summed E-state index contributed by atoms with van der Waals surface area (Å²) < 4.78 is 0. The lowest BCUT2D eigenvalue weighted by molar-refractivity contribution is 0.0725. The first kappa shape index (κ1) is 18.9. The van der Waals surface area contributed by atoms with Gasteiger partial charge in [0.2, 0.25) is 0 Å². The Morgan fingerprint density at radius 3 is 2.36 bits per heavy atom. The minimum atomic E-state index is 0.147. The van der Waals surface area contributed by atoms with Crippen LogP contribution in [0.2, 0.25) is 0 Å². The molecule has 0 aromatic heterocycles. The second-order valence-electron chi connectivity index (χ2n) is 8.25. The van der Waals surface area contributed by atoms with E-state index >= 15 is 0 Å². The molecule has 0 saturated carbocycles. The van der Waals surface area contributed by atoms with Gasteiger partial charge in [0, 0.05) is 37.6 Å². The predicted octanol–water partition coefficient (Wildman–Crippen LogP) is 4.35. The highest BCUT2D eigenvalue weighted by atomic mass is 16.2. The molecule has 2 aliphatic rings. The van der Waals surface area contributed by atoms with E-state index in [4.69, 9.17) is 5.73 Å². The first-order valence-electron chi connectivity index (χ1n) is 10.7.